The van der Waals surface area contributed by atoms with Crippen LogP contribution in [0.25, 0.3) is 0 Å². The topological polar surface area (TPSA) is 55.8 Å². The summed E-state index contributed by atoms with van der Waals surface area (Å²) in [6, 6.07) is 5.13. The van der Waals surface area contributed by atoms with E-state index >= 15 is 0 Å². The Morgan fingerprint density at radius 3 is 2.40 bits per heavy atom. The lowest BCUT2D eigenvalue weighted by atomic mass is 10.1. The molecule has 0 heterocycles. The Balaban J connectivity index is 3.03. The molecule has 5 heteroatoms. The molecule has 0 atom stereocenters. The predicted octanol–water partition coefficient (Wildman–Crippen LogP) is 2.03. The fourth-order valence-electron chi connectivity index (χ4n) is 1.81. The summed E-state index contributed by atoms with van der Waals surface area (Å²) in [5.74, 6) is -0.00699. The summed E-state index contributed by atoms with van der Waals surface area (Å²) in [5, 5.41) is 0. The van der Waals surface area contributed by atoms with E-state index in [0.29, 0.717) is 11.3 Å². The largest absolute Gasteiger partial charge is 0.496 e. The molecule has 1 aromatic carbocycles. The van der Waals surface area contributed by atoms with Crippen molar-refractivity contribution in [2.24, 2.45) is 0 Å². The fourth-order valence-corrected chi connectivity index (χ4v) is 1.81. The minimum atomic E-state index is -0.439. The summed E-state index contributed by atoms with van der Waals surface area (Å²) in [4.78, 5) is 25.3. The van der Waals surface area contributed by atoms with Crippen LogP contribution in [-0.4, -0.2) is 43.6 Å². The summed E-state index contributed by atoms with van der Waals surface area (Å²) in [6.07, 6.45) is 0. The highest BCUT2D eigenvalue weighted by Crippen LogP contribution is 2.20. The number of carbonyl (C=O) groups is 2. The number of hydrogen-bond acceptors (Lipinski definition) is 4. The number of ether oxygens (including phenoxy) is 2. The minimum absolute atomic E-state index is 0.0663. The van der Waals surface area contributed by atoms with Gasteiger partial charge in [-0.3, -0.25) is 9.59 Å². The van der Waals surface area contributed by atoms with Crippen LogP contribution in [0.2, 0.25) is 0 Å². The SMILES string of the molecule is COC(=O)CN(C(=O)c1ccc(C)c(OC)c1)C(C)C. The van der Waals surface area contributed by atoms with E-state index in [9.17, 15) is 9.59 Å². The van der Waals surface area contributed by atoms with Crippen LogP contribution in [0, 0.1) is 6.92 Å². The average molecular weight is 279 g/mol. The van der Waals surface area contributed by atoms with Gasteiger partial charge in [-0.05, 0) is 38.5 Å². The molecular formula is C15H21NO4. The number of rotatable bonds is 5. The van der Waals surface area contributed by atoms with Crippen LogP contribution in [-0.2, 0) is 9.53 Å². The quantitative estimate of drug-likeness (QED) is 0.774. The average Bonchev–Trinajstić information content (AvgIpc) is 2.43. The van der Waals surface area contributed by atoms with Crippen molar-refractivity contribution < 1.29 is 19.1 Å². The second kappa shape index (κ2) is 6.93. The first-order valence-electron chi connectivity index (χ1n) is 6.43. The Morgan fingerprint density at radius 2 is 1.90 bits per heavy atom. The van der Waals surface area contributed by atoms with Crippen molar-refractivity contribution in [3.05, 3.63) is 29.3 Å². The van der Waals surface area contributed by atoms with E-state index in [1.807, 2.05) is 26.8 Å². The summed E-state index contributed by atoms with van der Waals surface area (Å²) in [7, 11) is 2.87. The summed E-state index contributed by atoms with van der Waals surface area (Å²) in [6.45, 7) is 5.55. The van der Waals surface area contributed by atoms with Gasteiger partial charge in [0.2, 0.25) is 0 Å². The van der Waals surface area contributed by atoms with Crippen LogP contribution < -0.4 is 4.74 Å². The number of benzene rings is 1. The number of aryl methyl sites for hydroxylation is 1. The van der Waals surface area contributed by atoms with Crippen molar-refractivity contribution in [3.8, 4) is 5.75 Å². The van der Waals surface area contributed by atoms with E-state index in [2.05, 4.69) is 4.74 Å². The molecule has 1 aromatic rings. The number of amides is 1. The molecule has 0 aliphatic heterocycles. The van der Waals surface area contributed by atoms with Gasteiger partial charge in [0.15, 0.2) is 0 Å². The number of methoxy groups -OCH3 is 2. The fraction of sp³-hybridized carbons (Fsp3) is 0.467. The first-order chi connectivity index (χ1) is 9.40. The maximum Gasteiger partial charge on any atom is 0.325 e. The Bertz CT molecular complexity index is 497. The summed E-state index contributed by atoms with van der Waals surface area (Å²) in [5.41, 5.74) is 1.44. The van der Waals surface area contributed by atoms with Crippen LogP contribution in [0.15, 0.2) is 18.2 Å². The van der Waals surface area contributed by atoms with Crippen molar-refractivity contribution in [2.45, 2.75) is 26.8 Å². The Labute approximate surface area is 119 Å². The maximum atomic E-state index is 12.5. The van der Waals surface area contributed by atoms with Crippen LogP contribution >= 0.6 is 0 Å². The lowest BCUT2D eigenvalue weighted by molar-refractivity contribution is -0.141. The Morgan fingerprint density at radius 1 is 1.25 bits per heavy atom. The molecule has 0 aromatic heterocycles. The normalized spacial score (nSPS) is 10.3. The Kier molecular flexibility index (Phi) is 5.55. The molecule has 0 unspecified atom stereocenters. The third-order valence-electron chi connectivity index (χ3n) is 3.07. The minimum Gasteiger partial charge on any atom is -0.496 e. The standard InChI is InChI=1S/C15H21NO4/c1-10(2)16(9-14(17)20-5)15(18)12-7-6-11(3)13(8-12)19-4/h6-8,10H,9H2,1-5H3. The van der Waals surface area contributed by atoms with Crippen molar-refractivity contribution in [1.29, 1.82) is 0 Å². The van der Waals surface area contributed by atoms with Gasteiger partial charge in [0.1, 0.15) is 12.3 Å². The monoisotopic (exact) mass is 279 g/mol. The highest BCUT2D eigenvalue weighted by Gasteiger charge is 2.22. The second-order valence-electron chi connectivity index (χ2n) is 4.79. The lowest BCUT2D eigenvalue weighted by Crippen LogP contribution is -2.41. The third kappa shape index (κ3) is 3.73. The van der Waals surface area contributed by atoms with E-state index in [0.717, 1.165) is 5.56 Å². The molecule has 0 aliphatic carbocycles. The van der Waals surface area contributed by atoms with E-state index in [1.54, 1.807) is 19.2 Å². The van der Waals surface area contributed by atoms with E-state index in [-0.39, 0.29) is 18.5 Å². The van der Waals surface area contributed by atoms with Gasteiger partial charge in [-0.1, -0.05) is 6.07 Å². The molecule has 0 saturated heterocycles. The van der Waals surface area contributed by atoms with Crippen molar-refractivity contribution >= 4 is 11.9 Å². The summed E-state index contributed by atoms with van der Waals surface area (Å²) >= 11 is 0. The van der Waals surface area contributed by atoms with Gasteiger partial charge in [0.05, 0.1) is 14.2 Å². The van der Waals surface area contributed by atoms with Gasteiger partial charge in [-0.15, -0.1) is 0 Å². The van der Waals surface area contributed by atoms with Gasteiger partial charge >= 0.3 is 5.97 Å². The van der Waals surface area contributed by atoms with Crippen LogP contribution in [0.4, 0.5) is 0 Å². The smallest absolute Gasteiger partial charge is 0.325 e. The highest BCUT2D eigenvalue weighted by atomic mass is 16.5. The summed E-state index contributed by atoms with van der Waals surface area (Å²) < 4.78 is 9.84. The zero-order chi connectivity index (χ0) is 15.3. The van der Waals surface area contributed by atoms with E-state index in [4.69, 9.17) is 4.74 Å². The molecule has 20 heavy (non-hydrogen) atoms. The number of esters is 1. The van der Waals surface area contributed by atoms with Crippen molar-refractivity contribution in [3.63, 3.8) is 0 Å². The number of nitrogens with zero attached hydrogens (tertiary/aromatic N) is 1. The predicted molar refractivity (Wildman–Crippen MR) is 75.9 cm³/mol. The van der Waals surface area contributed by atoms with Crippen LogP contribution in [0.5, 0.6) is 5.75 Å². The van der Waals surface area contributed by atoms with Gasteiger partial charge in [0, 0.05) is 11.6 Å². The molecule has 0 saturated carbocycles. The van der Waals surface area contributed by atoms with Gasteiger partial charge < -0.3 is 14.4 Å². The molecule has 0 bridgehead atoms. The van der Waals surface area contributed by atoms with Crippen molar-refractivity contribution in [1.82, 2.24) is 4.90 Å². The maximum absolute atomic E-state index is 12.5. The van der Waals surface area contributed by atoms with Gasteiger partial charge in [-0.2, -0.15) is 0 Å². The first kappa shape index (κ1) is 16.0. The molecule has 0 fully saturated rings. The van der Waals surface area contributed by atoms with E-state index in [1.165, 1.54) is 12.0 Å². The molecule has 5 nitrogen and oxygen atoms in total. The van der Waals surface area contributed by atoms with Gasteiger partial charge in [0.25, 0.3) is 5.91 Å². The third-order valence-corrected chi connectivity index (χ3v) is 3.07. The first-order valence-corrected chi connectivity index (χ1v) is 6.43. The number of carbonyl (C=O) groups excluding carboxylic acids is 2. The molecule has 0 N–H and O–H groups in total. The van der Waals surface area contributed by atoms with Crippen molar-refractivity contribution in [2.75, 3.05) is 20.8 Å². The lowest BCUT2D eigenvalue weighted by Gasteiger charge is -2.25. The zero-order valence-electron chi connectivity index (χ0n) is 12.6. The zero-order valence-corrected chi connectivity index (χ0v) is 12.6. The van der Waals surface area contributed by atoms with Crippen LogP contribution in [0.3, 0.4) is 0 Å². The number of hydrogen-bond donors (Lipinski definition) is 0. The molecular weight excluding hydrogens is 258 g/mol. The molecule has 1 rings (SSSR count). The van der Waals surface area contributed by atoms with Crippen LogP contribution in [0.1, 0.15) is 29.8 Å². The molecule has 0 spiro atoms. The van der Waals surface area contributed by atoms with Gasteiger partial charge in [-0.25, -0.2) is 0 Å². The molecule has 110 valence electrons. The molecule has 1 amide bonds. The van der Waals surface area contributed by atoms with E-state index < -0.39 is 5.97 Å². The molecule has 0 aliphatic rings. The second-order valence-corrected chi connectivity index (χ2v) is 4.79. The Hall–Kier alpha value is -2.04. The molecule has 0 radical (unpaired) electrons. The highest BCUT2D eigenvalue weighted by molar-refractivity contribution is 5.96.